The molecule has 1 aromatic carbocycles. The van der Waals surface area contributed by atoms with E-state index in [1.54, 1.807) is 0 Å². The van der Waals surface area contributed by atoms with Crippen molar-refractivity contribution >= 4 is 27.5 Å². The first-order valence-electron chi connectivity index (χ1n) is 6.27. The predicted molar refractivity (Wildman–Crippen MR) is 75.8 cm³/mol. The highest BCUT2D eigenvalue weighted by Gasteiger charge is 2.22. The van der Waals surface area contributed by atoms with Crippen LogP contribution in [-0.2, 0) is 9.53 Å². The number of halogens is 1. The van der Waals surface area contributed by atoms with Gasteiger partial charge in [-0.25, -0.2) is 0 Å². The number of aryl methyl sites for hydroxylation is 2. The quantitative estimate of drug-likeness (QED) is 0.906. The van der Waals surface area contributed by atoms with Gasteiger partial charge in [-0.2, -0.15) is 0 Å². The number of rotatable bonds is 2. The summed E-state index contributed by atoms with van der Waals surface area (Å²) < 4.78 is 6.57. The van der Waals surface area contributed by atoms with E-state index in [1.165, 1.54) is 0 Å². The van der Waals surface area contributed by atoms with Crippen molar-refractivity contribution in [3.63, 3.8) is 0 Å². The summed E-state index contributed by atoms with van der Waals surface area (Å²) in [5.41, 5.74) is 3.08. The number of hydrogen-bond donors (Lipinski definition) is 1. The van der Waals surface area contributed by atoms with Crippen LogP contribution >= 0.6 is 15.9 Å². The van der Waals surface area contributed by atoms with Crippen molar-refractivity contribution in [2.24, 2.45) is 0 Å². The molecule has 1 N–H and O–H groups in total. The minimum atomic E-state index is -0.289. The van der Waals surface area contributed by atoms with E-state index < -0.39 is 0 Å². The Bertz CT molecular complexity index is 430. The van der Waals surface area contributed by atoms with Gasteiger partial charge in [0.25, 0.3) is 5.91 Å². The molecule has 1 aromatic rings. The van der Waals surface area contributed by atoms with Crippen LogP contribution in [0.25, 0.3) is 0 Å². The zero-order chi connectivity index (χ0) is 13.1. The van der Waals surface area contributed by atoms with E-state index in [9.17, 15) is 4.79 Å². The molecule has 1 amide bonds. The van der Waals surface area contributed by atoms with E-state index >= 15 is 0 Å². The van der Waals surface area contributed by atoms with Crippen LogP contribution in [0.15, 0.2) is 16.6 Å². The lowest BCUT2D eigenvalue weighted by molar-refractivity contribution is -0.129. The monoisotopic (exact) mass is 311 g/mol. The molecular weight excluding hydrogens is 294 g/mol. The van der Waals surface area contributed by atoms with E-state index in [1.807, 2.05) is 26.0 Å². The summed E-state index contributed by atoms with van der Waals surface area (Å²) in [7, 11) is 0. The normalized spacial score (nSPS) is 19.6. The molecule has 1 saturated heterocycles. The largest absolute Gasteiger partial charge is 0.368 e. The summed E-state index contributed by atoms with van der Waals surface area (Å²) >= 11 is 3.52. The summed E-state index contributed by atoms with van der Waals surface area (Å²) in [5.74, 6) is -0.0316. The topological polar surface area (TPSA) is 38.3 Å². The SMILES string of the molecule is Cc1cc(NC(=O)C2CCCCO2)cc(C)c1Br. The number of carbonyl (C=O) groups excluding carboxylic acids is 1. The van der Waals surface area contributed by atoms with Crippen LogP contribution in [0.5, 0.6) is 0 Å². The maximum Gasteiger partial charge on any atom is 0.253 e. The van der Waals surface area contributed by atoms with Crippen molar-refractivity contribution in [1.29, 1.82) is 0 Å². The van der Waals surface area contributed by atoms with Crippen LogP contribution in [0.2, 0.25) is 0 Å². The molecule has 4 heteroatoms. The van der Waals surface area contributed by atoms with Crippen LogP contribution < -0.4 is 5.32 Å². The molecule has 1 atom stereocenters. The predicted octanol–water partition coefficient (Wildman–Crippen LogP) is 3.57. The first kappa shape index (κ1) is 13.6. The van der Waals surface area contributed by atoms with Crippen LogP contribution in [0.1, 0.15) is 30.4 Å². The van der Waals surface area contributed by atoms with Gasteiger partial charge in [0.05, 0.1) is 0 Å². The Labute approximate surface area is 116 Å². The van der Waals surface area contributed by atoms with Gasteiger partial charge in [0.15, 0.2) is 0 Å². The van der Waals surface area contributed by atoms with E-state index in [0.29, 0.717) is 6.61 Å². The lowest BCUT2D eigenvalue weighted by atomic mass is 10.1. The van der Waals surface area contributed by atoms with E-state index in [-0.39, 0.29) is 12.0 Å². The molecule has 2 rings (SSSR count). The van der Waals surface area contributed by atoms with Gasteiger partial charge < -0.3 is 10.1 Å². The third-order valence-electron chi connectivity index (χ3n) is 3.18. The Morgan fingerprint density at radius 2 is 2.00 bits per heavy atom. The highest BCUT2D eigenvalue weighted by molar-refractivity contribution is 9.10. The fraction of sp³-hybridized carbons (Fsp3) is 0.500. The van der Waals surface area contributed by atoms with Crippen molar-refractivity contribution in [1.82, 2.24) is 0 Å². The smallest absolute Gasteiger partial charge is 0.253 e. The number of ether oxygens (including phenoxy) is 1. The number of carbonyl (C=O) groups is 1. The minimum Gasteiger partial charge on any atom is -0.368 e. The van der Waals surface area contributed by atoms with Gasteiger partial charge in [-0.3, -0.25) is 4.79 Å². The van der Waals surface area contributed by atoms with Crippen molar-refractivity contribution in [3.8, 4) is 0 Å². The maximum absolute atomic E-state index is 12.0. The van der Waals surface area contributed by atoms with Gasteiger partial charge in [0.1, 0.15) is 6.10 Å². The molecule has 0 saturated carbocycles. The van der Waals surface area contributed by atoms with Gasteiger partial charge in [0, 0.05) is 16.8 Å². The molecule has 0 spiro atoms. The molecule has 1 aliphatic rings. The van der Waals surface area contributed by atoms with E-state index in [0.717, 1.165) is 40.5 Å². The minimum absolute atomic E-state index is 0.0316. The average molecular weight is 312 g/mol. The second-order valence-electron chi connectivity index (χ2n) is 4.77. The molecule has 1 unspecified atom stereocenters. The molecule has 0 aliphatic carbocycles. The fourth-order valence-electron chi connectivity index (χ4n) is 2.19. The first-order chi connectivity index (χ1) is 8.58. The zero-order valence-corrected chi connectivity index (χ0v) is 12.3. The molecule has 1 aliphatic heterocycles. The highest BCUT2D eigenvalue weighted by Crippen LogP contribution is 2.25. The zero-order valence-electron chi connectivity index (χ0n) is 10.8. The Morgan fingerprint density at radius 1 is 1.33 bits per heavy atom. The molecule has 18 heavy (non-hydrogen) atoms. The number of amides is 1. The van der Waals surface area contributed by atoms with Crippen molar-refractivity contribution in [3.05, 3.63) is 27.7 Å². The number of benzene rings is 1. The van der Waals surface area contributed by atoms with E-state index in [4.69, 9.17) is 4.74 Å². The lowest BCUT2D eigenvalue weighted by Crippen LogP contribution is -2.33. The van der Waals surface area contributed by atoms with Crippen molar-refractivity contribution < 1.29 is 9.53 Å². The van der Waals surface area contributed by atoms with E-state index in [2.05, 4.69) is 21.2 Å². The Hall–Kier alpha value is -0.870. The van der Waals surface area contributed by atoms with Crippen molar-refractivity contribution in [2.45, 2.75) is 39.2 Å². The van der Waals surface area contributed by atoms with Gasteiger partial charge in [-0.05, 0) is 56.4 Å². The average Bonchev–Trinajstić information content (AvgIpc) is 2.37. The van der Waals surface area contributed by atoms with Gasteiger partial charge in [0.2, 0.25) is 0 Å². The summed E-state index contributed by atoms with van der Waals surface area (Å²) in [6, 6.07) is 3.94. The highest BCUT2D eigenvalue weighted by atomic mass is 79.9. The second-order valence-corrected chi connectivity index (χ2v) is 5.56. The second kappa shape index (κ2) is 5.85. The maximum atomic E-state index is 12.0. The Morgan fingerprint density at radius 3 is 2.56 bits per heavy atom. The molecule has 0 radical (unpaired) electrons. The summed E-state index contributed by atoms with van der Waals surface area (Å²) in [5, 5.41) is 2.94. The number of anilines is 1. The summed E-state index contributed by atoms with van der Waals surface area (Å²) in [6.45, 7) is 4.73. The summed E-state index contributed by atoms with van der Waals surface area (Å²) in [6.07, 6.45) is 2.65. The third-order valence-corrected chi connectivity index (χ3v) is 4.43. The third kappa shape index (κ3) is 3.12. The lowest BCUT2D eigenvalue weighted by Gasteiger charge is -2.22. The summed E-state index contributed by atoms with van der Waals surface area (Å²) in [4.78, 5) is 12.0. The molecule has 0 aromatic heterocycles. The Balaban J connectivity index is 2.06. The standard InChI is InChI=1S/C14H18BrNO2/c1-9-7-11(8-10(2)13(9)15)16-14(17)12-5-3-4-6-18-12/h7-8,12H,3-6H2,1-2H3,(H,16,17). The molecule has 1 heterocycles. The van der Waals surface area contributed by atoms with Crippen molar-refractivity contribution in [2.75, 3.05) is 11.9 Å². The van der Waals surface area contributed by atoms with Crippen LogP contribution in [0.3, 0.4) is 0 Å². The first-order valence-corrected chi connectivity index (χ1v) is 7.06. The number of hydrogen-bond acceptors (Lipinski definition) is 2. The Kier molecular flexibility index (Phi) is 4.40. The van der Waals surface area contributed by atoms with Crippen LogP contribution in [0, 0.1) is 13.8 Å². The van der Waals surface area contributed by atoms with Gasteiger partial charge in [-0.15, -0.1) is 0 Å². The van der Waals surface area contributed by atoms with Crippen LogP contribution in [-0.4, -0.2) is 18.6 Å². The van der Waals surface area contributed by atoms with Gasteiger partial charge in [-0.1, -0.05) is 15.9 Å². The van der Waals surface area contributed by atoms with Gasteiger partial charge >= 0.3 is 0 Å². The number of nitrogens with one attached hydrogen (secondary N) is 1. The molecular formula is C14H18BrNO2. The fourth-order valence-corrected chi connectivity index (χ4v) is 2.42. The molecule has 98 valence electrons. The van der Waals surface area contributed by atoms with Crippen LogP contribution in [0.4, 0.5) is 5.69 Å². The molecule has 3 nitrogen and oxygen atoms in total. The molecule has 0 bridgehead atoms. The molecule has 1 fully saturated rings.